The Morgan fingerprint density at radius 2 is 1.29 bits per heavy atom. The average molecular weight is 302 g/mol. The first-order valence-electron chi connectivity index (χ1n) is 5.66. The predicted octanol–water partition coefficient (Wildman–Crippen LogP) is 3.64. The van der Waals surface area contributed by atoms with E-state index in [9.17, 15) is 26.7 Å². The van der Waals surface area contributed by atoms with Crippen LogP contribution in [0.2, 0.25) is 0 Å². The minimum atomic E-state index is -2.31. The van der Waals surface area contributed by atoms with Crippen LogP contribution in [0.15, 0.2) is 30.3 Å². The van der Waals surface area contributed by atoms with Crippen molar-refractivity contribution < 1.29 is 31.5 Å². The van der Waals surface area contributed by atoms with Gasteiger partial charge in [-0.15, -0.1) is 0 Å². The second-order valence-electron chi connectivity index (χ2n) is 3.97. The van der Waals surface area contributed by atoms with Crippen molar-refractivity contribution in [3.63, 3.8) is 0 Å². The van der Waals surface area contributed by atoms with E-state index in [-0.39, 0.29) is 5.75 Å². The lowest BCUT2D eigenvalue weighted by molar-refractivity contribution is 0.0909. The SMILES string of the molecule is O=C(COc1ccccc1)c1c(F)c(F)c(F)c(F)c1F. The molecule has 0 atom stereocenters. The van der Waals surface area contributed by atoms with Crippen molar-refractivity contribution in [1.82, 2.24) is 0 Å². The molecule has 21 heavy (non-hydrogen) atoms. The largest absolute Gasteiger partial charge is 0.485 e. The fraction of sp³-hybridized carbons (Fsp3) is 0.0714. The van der Waals surface area contributed by atoms with Gasteiger partial charge in [-0.3, -0.25) is 4.79 Å². The first-order valence-corrected chi connectivity index (χ1v) is 5.66. The van der Waals surface area contributed by atoms with E-state index in [2.05, 4.69) is 0 Å². The maximum atomic E-state index is 13.4. The van der Waals surface area contributed by atoms with E-state index >= 15 is 0 Å². The highest BCUT2D eigenvalue weighted by molar-refractivity contribution is 5.97. The first-order chi connectivity index (χ1) is 9.93. The second-order valence-corrected chi connectivity index (χ2v) is 3.97. The Morgan fingerprint density at radius 1 is 0.810 bits per heavy atom. The highest BCUT2D eigenvalue weighted by Crippen LogP contribution is 2.23. The molecule has 110 valence electrons. The number of ketones is 1. The van der Waals surface area contributed by atoms with Crippen molar-refractivity contribution in [2.45, 2.75) is 0 Å². The average Bonchev–Trinajstić information content (AvgIpc) is 2.50. The molecular formula is C14H7F5O2. The van der Waals surface area contributed by atoms with Gasteiger partial charge in [0.15, 0.2) is 29.9 Å². The summed E-state index contributed by atoms with van der Waals surface area (Å²) in [5.74, 6) is -12.1. The van der Waals surface area contributed by atoms with Gasteiger partial charge in [0.25, 0.3) is 0 Å². The quantitative estimate of drug-likeness (QED) is 0.373. The summed E-state index contributed by atoms with van der Waals surface area (Å²) in [4.78, 5) is 11.6. The molecule has 2 rings (SSSR count). The Hall–Kier alpha value is -2.44. The molecule has 0 aliphatic carbocycles. The summed E-state index contributed by atoms with van der Waals surface area (Å²) in [6, 6.07) is 7.76. The lowest BCUT2D eigenvalue weighted by Gasteiger charge is -2.08. The molecule has 7 heteroatoms. The lowest BCUT2D eigenvalue weighted by Crippen LogP contribution is -2.18. The molecule has 0 spiro atoms. The normalized spacial score (nSPS) is 10.5. The van der Waals surface area contributed by atoms with E-state index in [4.69, 9.17) is 4.74 Å². The van der Waals surface area contributed by atoms with Crippen molar-refractivity contribution in [3.8, 4) is 5.75 Å². The van der Waals surface area contributed by atoms with Crippen LogP contribution in [0.1, 0.15) is 10.4 Å². The van der Waals surface area contributed by atoms with Crippen LogP contribution in [-0.4, -0.2) is 12.4 Å². The molecule has 0 radical (unpaired) electrons. The van der Waals surface area contributed by atoms with Gasteiger partial charge in [0, 0.05) is 0 Å². The zero-order valence-corrected chi connectivity index (χ0v) is 10.3. The third-order valence-electron chi connectivity index (χ3n) is 2.60. The summed E-state index contributed by atoms with van der Waals surface area (Å²) in [5.41, 5.74) is -1.51. The van der Waals surface area contributed by atoms with Gasteiger partial charge in [-0.25, -0.2) is 22.0 Å². The van der Waals surface area contributed by atoms with Gasteiger partial charge in [-0.1, -0.05) is 18.2 Å². The molecule has 0 unspecified atom stereocenters. The summed E-state index contributed by atoms with van der Waals surface area (Å²) < 4.78 is 70.5. The number of carbonyl (C=O) groups is 1. The van der Waals surface area contributed by atoms with E-state index in [1.54, 1.807) is 18.2 Å². The van der Waals surface area contributed by atoms with Gasteiger partial charge in [-0.05, 0) is 12.1 Å². The third kappa shape index (κ3) is 2.86. The Kier molecular flexibility index (Phi) is 4.21. The molecule has 0 saturated carbocycles. The van der Waals surface area contributed by atoms with Gasteiger partial charge in [0.05, 0.1) is 5.56 Å². The maximum absolute atomic E-state index is 13.4. The topological polar surface area (TPSA) is 26.3 Å². The standard InChI is InChI=1S/C14H7F5O2/c15-10-9(11(16)13(18)14(19)12(10)17)8(20)6-21-7-4-2-1-3-5-7/h1-5H,6H2. The number of hydrogen-bond donors (Lipinski definition) is 0. The van der Waals surface area contributed by atoms with Crippen LogP contribution in [0.5, 0.6) is 5.75 Å². The molecule has 0 aromatic heterocycles. The monoisotopic (exact) mass is 302 g/mol. The number of benzene rings is 2. The first kappa shape index (κ1) is 15.0. The number of para-hydroxylation sites is 1. The van der Waals surface area contributed by atoms with Crippen molar-refractivity contribution in [2.24, 2.45) is 0 Å². The minimum absolute atomic E-state index is 0.217. The number of Topliss-reactive ketones (excluding diaryl/α,β-unsaturated/α-hetero) is 1. The number of carbonyl (C=O) groups excluding carboxylic acids is 1. The molecule has 0 N–H and O–H groups in total. The molecule has 0 aliphatic rings. The van der Waals surface area contributed by atoms with Gasteiger partial charge in [0.2, 0.25) is 11.6 Å². The molecule has 2 aromatic carbocycles. The third-order valence-corrected chi connectivity index (χ3v) is 2.60. The van der Waals surface area contributed by atoms with Crippen LogP contribution >= 0.6 is 0 Å². The summed E-state index contributed by atoms with van der Waals surface area (Å²) in [5, 5.41) is 0. The fourth-order valence-corrected chi connectivity index (χ4v) is 1.59. The Bertz CT molecular complexity index is 657. The Morgan fingerprint density at radius 3 is 1.81 bits per heavy atom. The zero-order chi connectivity index (χ0) is 15.6. The van der Waals surface area contributed by atoms with Crippen molar-refractivity contribution in [3.05, 3.63) is 65.0 Å². The predicted molar refractivity (Wildman–Crippen MR) is 62.5 cm³/mol. The Labute approximate surface area is 115 Å². The van der Waals surface area contributed by atoms with Crippen molar-refractivity contribution >= 4 is 5.78 Å². The molecular weight excluding hydrogens is 295 g/mol. The van der Waals surface area contributed by atoms with Crippen LogP contribution in [0.25, 0.3) is 0 Å². The van der Waals surface area contributed by atoms with Crippen molar-refractivity contribution in [2.75, 3.05) is 6.61 Å². The van der Waals surface area contributed by atoms with Gasteiger partial charge < -0.3 is 4.74 Å². The maximum Gasteiger partial charge on any atom is 0.206 e. The van der Waals surface area contributed by atoms with E-state index in [1.165, 1.54) is 12.1 Å². The zero-order valence-electron chi connectivity index (χ0n) is 10.3. The molecule has 0 saturated heterocycles. The van der Waals surface area contributed by atoms with E-state index in [0.29, 0.717) is 0 Å². The van der Waals surface area contributed by atoms with Gasteiger partial charge in [-0.2, -0.15) is 0 Å². The summed E-state index contributed by atoms with van der Waals surface area (Å²) in [7, 11) is 0. The highest BCUT2D eigenvalue weighted by Gasteiger charge is 2.29. The second kappa shape index (κ2) is 5.90. The van der Waals surface area contributed by atoms with Gasteiger partial charge >= 0.3 is 0 Å². The van der Waals surface area contributed by atoms with E-state index < -0.39 is 47.0 Å². The minimum Gasteiger partial charge on any atom is -0.485 e. The Balaban J connectivity index is 2.28. The molecule has 2 nitrogen and oxygen atoms in total. The van der Waals surface area contributed by atoms with Crippen molar-refractivity contribution in [1.29, 1.82) is 0 Å². The molecule has 0 heterocycles. The number of hydrogen-bond acceptors (Lipinski definition) is 2. The summed E-state index contributed by atoms with van der Waals surface area (Å²) in [6.45, 7) is -0.859. The highest BCUT2D eigenvalue weighted by atomic mass is 19.2. The van der Waals surface area contributed by atoms with E-state index in [0.717, 1.165) is 0 Å². The lowest BCUT2D eigenvalue weighted by atomic mass is 10.1. The van der Waals surface area contributed by atoms with Crippen LogP contribution in [0.3, 0.4) is 0 Å². The van der Waals surface area contributed by atoms with Crippen LogP contribution in [-0.2, 0) is 0 Å². The fourth-order valence-electron chi connectivity index (χ4n) is 1.59. The molecule has 0 aliphatic heterocycles. The smallest absolute Gasteiger partial charge is 0.206 e. The molecule has 2 aromatic rings. The van der Waals surface area contributed by atoms with Crippen LogP contribution in [0.4, 0.5) is 22.0 Å². The van der Waals surface area contributed by atoms with Crippen LogP contribution in [0, 0.1) is 29.1 Å². The molecule has 0 bridgehead atoms. The molecule has 0 amide bonds. The molecule has 0 fully saturated rings. The number of halogens is 5. The van der Waals surface area contributed by atoms with E-state index in [1.807, 2.05) is 0 Å². The summed E-state index contributed by atoms with van der Waals surface area (Å²) >= 11 is 0. The number of ether oxygens (including phenoxy) is 1. The van der Waals surface area contributed by atoms with Crippen LogP contribution < -0.4 is 4.74 Å². The summed E-state index contributed by atoms with van der Waals surface area (Å²) in [6.07, 6.45) is 0. The van der Waals surface area contributed by atoms with Gasteiger partial charge in [0.1, 0.15) is 5.75 Å². The number of rotatable bonds is 4.